The van der Waals surface area contributed by atoms with E-state index in [0.29, 0.717) is 11.8 Å². The molecule has 4 rings (SSSR count). The molecule has 1 aromatic carbocycles. The third-order valence-corrected chi connectivity index (χ3v) is 7.12. The van der Waals surface area contributed by atoms with Crippen LogP contribution >= 0.6 is 0 Å². The Bertz CT molecular complexity index is 670. The Hall–Kier alpha value is -1.61. The van der Waals surface area contributed by atoms with Gasteiger partial charge in [-0.2, -0.15) is 0 Å². The quantitative estimate of drug-likeness (QED) is 0.491. The van der Waals surface area contributed by atoms with Crippen LogP contribution in [0.2, 0.25) is 0 Å². The average molecular weight is 354 g/mol. The van der Waals surface area contributed by atoms with Crippen LogP contribution in [0.15, 0.2) is 42.5 Å². The minimum absolute atomic E-state index is 0.00931. The minimum Gasteiger partial charge on any atom is -0.462 e. The topological polar surface area (TPSA) is 38.3 Å². The third-order valence-electron chi connectivity index (χ3n) is 7.12. The van der Waals surface area contributed by atoms with Crippen molar-refractivity contribution in [3.63, 3.8) is 0 Å². The molecule has 1 aromatic rings. The molecule has 2 saturated carbocycles. The van der Waals surface area contributed by atoms with E-state index in [2.05, 4.69) is 43.1 Å². The van der Waals surface area contributed by atoms with E-state index in [1.807, 2.05) is 6.07 Å². The Balaban J connectivity index is 1.36. The van der Waals surface area contributed by atoms with Crippen LogP contribution in [0.4, 0.5) is 0 Å². The number of esters is 1. The second kappa shape index (κ2) is 7.19. The van der Waals surface area contributed by atoms with Crippen LogP contribution in [-0.2, 0) is 16.0 Å². The smallest absolute Gasteiger partial charge is 0.310 e. The maximum absolute atomic E-state index is 12.5. The highest BCUT2D eigenvalue weighted by Crippen LogP contribution is 2.56. The second-order valence-corrected chi connectivity index (χ2v) is 8.84. The van der Waals surface area contributed by atoms with Crippen LogP contribution < -0.4 is 5.32 Å². The molecule has 3 fully saturated rings. The molecule has 0 spiro atoms. The number of carbonyl (C=O) groups excluding carboxylic acids is 1. The molecule has 0 unspecified atom stereocenters. The van der Waals surface area contributed by atoms with Crippen molar-refractivity contribution in [2.24, 2.45) is 23.2 Å². The van der Waals surface area contributed by atoms with Gasteiger partial charge in [-0.25, -0.2) is 0 Å². The van der Waals surface area contributed by atoms with Crippen LogP contribution in [-0.4, -0.2) is 25.2 Å². The van der Waals surface area contributed by atoms with Gasteiger partial charge in [0.15, 0.2) is 0 Å². The molecule has 0 radical (unpaired) electrons. The van der Waals surface area contributed by atoms with Crippen LogP contribution in [0.25, 0.3) is 0 Å². The normalized spacial score (nSPS) is 36.3. The molecule has 3 nitrogen and oxygen atoms in total. The van der Waals surface area contributed by atoms with Crippen LogP contribution in [0.1, 0.15) is 44.6 Å². The first-order chi connectivity index (χ1) is 12.6. The monoisotopic (exact) mass is 353 g/mol. The summed E-state index contributed by atoms with van der Waals surface area (Å²) in [5.41, 5.74) is 3.03. The Morgan fingerprint density at radius 1 is 1.31 bits per heavy atom. The lowest BCUT2D eigenvalue weighted by atomic mass is 9.55. The standard InChI is InChI=1S/C23H31NO2/c1-16-7-6-11-23(2)14-21-18(13-20(16)23)19(22(25)26-21)15-24-12-10-17-8-4-3-5-9-17/h3-5,8-9,18-21,24H,1,6-7,10-15H2,2H3/t18-,19+,20-,21+,23+/m0/s1. The fourth-order valence-electron chi connectivity index (χ4n) is 5.62. The molecular weight excluding hydrogens is 322 g/mol. The lowest BCUT2D eigenvalue weighted by molar-refractivity contribution is -0.146. The molecule has 3 aliphatic rings. The van der Waals surface area contributed by atoms with E-state index >= 15 is 0 Å². The third kappa shape index (κ3) is 3.34. The zero-order chi connectivity index (χ0) is 18.1. The molecule has 140 valence electrons. The van der Waals surface area contributed by atoms with Crippen molar-refractivity contribution < 1.29 is 9.53 Å². The number of hydrogen-bond acceptors (Lipinski definition) is 3. The van der Waals surface area contributed by atoms with Crippen molar-refractivity contribution in [2.75, 3.05) is 13.1 Å². The zero-order valence-corrected chi connectivity index (χ0v) is 15.9. The molecule has 1 N–H and O–H groups in total. The number of carbonyl (C=O) groups is 1. The van der Waals surface area contributed by atoms with Crippen LogP contribution in [0.5, 0.6) is 0 Å². The van der Waals surface area contributed by atoms with Gasteiger partial charge in [0, 0.05) is 12.5 Å². The summed E-state index contributed by atoms with van der Waals surface area (Å²) in [5, 5.41) is 3.51. The van der Waals surface area contributed by atoms with Crippen LogP contribution in [0.3, 0.4) is 0 Å². The molecule has 0 aromatic heterocycles. The summed E-state index contributed by atoms with van der Waals surface area (Å²) < 4.78 is 5.83. The second-order valence-electron chi connectivity index (χ2n) is 8.84. The molecule has 3 heteroatoms. The molecule has 5 atom stereocenters. The molecule has 1 heterocycles. The molecule has 26 heavy (non-hydrogen) atoms. The molecule has 1 aliphatic heterocycles. The van der Waals surface area contributed by atoms with Gasteiger partial charge in [0.05, 0.1) is 5.92 Å². The summed E-state index contributed by atoms with van der Waals surface area (Å²) >= 11 is 0. The lowest BCUT2D eigenvalue weighted by Crippen LogP contribution is -2.45. The van der Waals surface area contributed by atoms with Gasteiger partial charge >= 0.3 is 5.97 Å². The van der Waals surface area contributed by atoms with Gasteiger partial charge in [-0.15, -0.1) is 0 Å². The highest BCUT2D eigenvalue weighted by molar-refractivity contribution is 5.75. The van der Waals surface area contributed by atoms with Crippen molar-refractivity contribution in [2.45, 2.75) is 51.6 Å². The summed E-state index contributed by atoms with van der Waals surface area (Å²) in [4.78, 5) is 12.5. The van der Waals surface area contributed by atoms with Gasteiger partial charge in [-0.1, -0.05) is 49.4 Å². The van der Waals surface area contributed by atoms with Crippen molar-refractivity contribution in [3.8, 4) is 0 Å². The Kier molecular flexibility index (Phi) is 4.92. The van der Waals surface area contributed by atoms with E-state index in [4.69, 9.17) is 4.74 Å². The van der Waals surface area contributed by atoms with E-state index < -0.39 is 0 Å². The maximum atomic E-state index is 12.5. The molecule has 0 bridgehead atoms. The first-order valence-corrected chi connectivity index (χ1v) is 10.2. The van der Waals surface area contributed by atoms with Gasteiger partial charge < -0.3 is 10.1 Å². The van der Waals surface area contributed by atoms with Gasteiger partial charge in [0.25, 0.3) is 0 Å². The molecular formula is C23H31NO2. The van der Waals surface area contributed by atoms with Crippen molar-refractivity contribution >= 4 is 5.97 Å². The molecule has 0 amide bonds. The number of benzene rings is 1. The summed E-state index contributed by atoms with van der Waals surface area (Å²) in [5.74, 6) is 0.952. The van der Waals surface area contributed by atoms with Gasteiger partial charge in [-0.05, 0) is 62.0 Å². The van der Waals surface area contributed by atoms with Crippen LogP contribution in [0, 0.1) is 23.2 Å². The zero-order valence-electron chi connectivity index (χ0n) is 15.9. The molecule has 1 saturated heterocycles. The Morgan fingerprint density at radius 2 is 2.12 bits per heavy atom. The maximum Gasteiger partial charge on any atom is 0.310 e. The van der Waals surface area contributed by atoms with Crippen molar-refractivity contribution in [1.82, 2.24) is 5.32 Å². The fraction of sp³-hybridized carbons (Fsp3) is 0.609. The van der Waals surface area contributed by atoms with E-state index in [1.54, 1.807) is 0 Å². The molecule has 2 aliphatic carbocycles. The summed E-state index contributed by atoms with van der Waals surface area (Å²) in [6.45, 7) is 8.40. The highest BCUT2D eigenvalue weighted by Gasteiger charge is 2.54. The SMILES string of the molecule is C=C1CCC[C@]2(C)C[C@H]3OC(=O)[C@H](CNCCc4ccccc4)[C@@H]3C[C@@H]12. The Labute approximate surface area is 157 Å². The minimum atomic E-state index is 0.00931. The van der Waals surface area contributed by atoms with Crippen molar-refractivity contribution in [1.29, 1.82) is 0 Å². The van der Waals surface area contributed by atoms with Gasteiger partial charge in [-0.3, -0.25) is 4.79 Å². The summed E-state index contributed by atoms with van der Waals surface area (Å²) in [6.07, 6.45) is 6.86. The number of hydrogen-bond donors (Lipinski definition) is 1. The number of fused-ring (bicyclic) bond motifs is 2. The largest absolute Gasteiger partial charge is 0.462 e. The predicted molar refractivity (Wildman–Crippen MR) is 104 cm³/mol. The number of ether oxygens (including phenoxy) is 1. The average Bonchev–Trinajstić information content (AvgIpc) is 2.92. The summed E-state index contributed by atoms with van der Waals surface area (Å²) in [7, 11) is 0. The number of allylic oxidation sites excluding steroid dienone is 1. The predicted octanol–water partition coefficient (Wildman–Crippen LogP) is 4.13. The van der Waals surface area contributed by atoms with E-state index in [1.165, 1.54) is 24.0 Å². The highest BCUT2D eigenvalue weighted by atomic mass is 16.6. The first-order valence-electron chi connectivity index (χ1n) is 10.2. The van der Waals surface area contributed by atoms with E-state index in [-0.39, 0.29) is 23.4 Å². The van der Waals surface area contributed by atoms with Crippen molar-refractivity contribution in [3.05, 3.63) is 48.0 Å². The van der Waals surface area contributed by atoms with E-state index in [0.717, 1.165) is 38.8 Å². The number of nitrogens with one attached hydrogen (secondary N) is 1. The fourth-order valence-corrected chi connectivity index (χ4v) is 5.62. The van der Waals surface area contributed by atoms with Gasteiger partial charge in [0.2, 0.25) is 0 Å². The first kappa shape index (κ1) is 17.8. The number of rotatable bonds is 5. The summed E-state index contributed by atoms with van der Waals surface area (Å²) in [6, 6.07) is 10.5. The van der Waals surface area contributed by atoms with E-state index in [9.17, 15) is 4.79 Å². The lowest BCUT2D eigenvalue weighted by Gasteiger charge is -2.50. The van der Waals surface area contributed by atoms with Gasteiger partial charge in [0.1, 0.15) is 6.10 Å². The Morgan fingerprint density at radius 3 is 2.92 bits per heavy atom.